The van der Waals surface area contributed by atoms with Crippen LogP contribution in [0.5, 0.6) is 0 Å². The molecule has 2 aromatic carbocycles. The first-order chi connectivity index (χ1) is 11.3. The molecule has 1 aliphatic heterocycles. The Hall–Kier alpha value is -2.82. The van der Waals surface area contributed by atoms with Crippen molar-refractivity contribution in [2.45, 2.75) is 0 Å². The van der Waals surface area contributed by atoms with E-state index in [1.807, 2.05) is 35.2 Å². The second-order valence-corrected chi connectivity index (χ2v) is 5.65. The molecule has 0 saturated carbocycles. The van der Waals surface area contributed by atoms with Gasteiger partial charge in [-0.05, 0) is 30.3 Å². The highest BCUT2D eigenvalue weighted by atomic mass is 16.3. The number of amides is 1. The summed E-state index contributed by atoms with van der Waals surface area (Å²) in [4.78, 5) is 20.9. The van der Waals surface area contributed by atoms with E-state index in [-0.39, 0.29) is 5.91 Å². The number of para-hydroxylation sites is 1. The van der Waals surface area contributed by atoms with Gasteiger partial charge in [0, 0.05) is 37.4 Å². The summed E-state index contributed by atoms with van der Waals surface area (Å²) in [6.45, 7) is 3.14. The Balaban J connectivity index is 1.46. The number of oxazole rings is 1. The zero-order chi connectivity index (χ0) is 15.6. The normalized spacial score (nSPS) is 15.1. The van der Waals surface area contributed by atoms with Crippen LogP contribution in [0.15, 0.2) is 59.3 Å². The SMILES string of the molecule is O=C(c1ccc2ncoc2c1)N1CCN(c2ccccc2)CC1. The lowest BCUT2D eigenvalue weighted by molar-refractivity contribution is 0.0747. The van der Waals surface area contributed by atoms with Crippen LogP contribution >= 0.6 is 0 Å². The number of anilines is 1. The van der Waals surface area contributed by atoms with Gasteiger partial charge in [0.15, 0.2) is 12.0 Å². The maximum absolute atomic E-state index is 12.7. The molecular weight excluding hydrogens is 290 g/mol. The zero-order valence-corrected chi connectivity index (χ0v) is 12.7. The maximum Gasteiger partial charge on any atom is 0.254 e. The largest absolute Gasteiger partial charge is 0.443 e. The van der Waals surface area contributed by atoms with Gasteiger partial charge < -0.3 is 14.2 Å². The number of rotatable bonds is 2. The number of benzene rings is 2. The van der Waals surface area contributed by atoms with Crippen LogP contribution in [0, 0.1) is 0 Å². The number of nitrogens with zero attached hydrogens (tertiary/aromatic N) is 3. The Bertz CT molecular complexity index is 820. The van der Waals surface area contributed by atoms with E-state index in [1.54, 1.807) is 6.07 Å². The standard InChI is InChI=1S/C18H17N3O2/c22-18(14-6-7-16-17(12-14)23-13-19-16)21-10-8-20(9-11-21)15-4-2-1-3-5-15/h1-7,12-13H,8-11H2. The molecule has 23 heavy (non-hydrogen) atoms. The Morgan fingerprint density at radius 3 is 2.57 bits per heavy atom. The van der Waals surface area contributed by atoms with Crippen molar-refractivity contribution in [2.75, 3.05) is 31.1 Å². The first-order valence-corrected chi connectivity index (χ1v) is 7.74. The van der Waals surface area contributed by atoms with E-state index in [0.29, 0.717) is 11.1 Å². The molecular formula is C18H17N3O2. The van der Waals surface area contributed by atoms with Crippen molar-refractivity contribution in [1.29, 1.82) is 0 Å². The lowest BCUT2D eigenvalue weighted by Gasteiger charge is -2.36. The average Bonchev–Trinajstić information content (AvgIpc) is 3.10. The summed E-state index contributed by atoms with van der Waals surface area (Å²) in [5.74, 6) is 0.0519. The van der Waals surface area contributed by atoms with Crippen molar-refractivity contribution >= 4 is 22.7 Å². The van der Waals surface area contributed by atoms with E-state index in [4.69, 9.17) is 4.42 Å². The molecule has 2 heterocycles. The fraction of sp³-hybridized carbons (Fsp3) is 0.222. The number of carbonyl (C=O) groups is 1. The third-order valence-corrected chi connectivity index (χ3v) is 4.27. The summed E-state index contributed by atoms with van der Waals surface area (Å²) in [5, 5.41) is 0. The number of aromatic nitrogens is 1. The minimum absolute atomic E-state index is 0.0519. The predicted molar refractivity (Wildman–Crippen MR) is 88.6 cm³/mol. The Labute approximate surface area is 134 Å². The molecule has 5 heteroatoms. The Morgan fingerprint density at radius 1 is 1.00 bits per heavy atom. The molecule has 1 amide bonds. The van der Waals surface area contributed by atoms with Gasteiger partial charge in [-0.15, -0.1) is 0 Å². The summed E-state index contributed by atoms with van der Waals surface area (Å²) >= 11 is 0. The number of hydrogen-bond acceptors (Lipinski definition) is 4. The number of piperazine rings is 1. The van der Waals surface area contributed by atoms with Crippen LogP contribution in [0.4, 0.5) is 5.69 Å². The lowest BCUT2D eigenvalue weighted by atomic mass is 10.1. The molecule has 5 nitrogen and oxygen atoms in total. The van der Waals surface area contributed by atoms with E-state index in [2.05, 4.69) is 22.0 Å². The summed E-state index contributed by atoms with van der Waals surface area (Å²) in [5.41, 5.74) is 3.29. The molecule has 3 aromatic rings. The van der Waals surface area contributed by atoms with Gasteiger partial charge in [0.1, 0.15) is 5.52 Å². The van der Waals surface area contributed by atoms with Gasteiger partial charge in [0.05, 0.1) is 0 Å². The first-order valence-electron chi connectivity index (χ1n) is 7.74. The van der Waals surface area contributed by atoms with E-state index in [9.17, 15) is 4.79 Å². The topological polar surface area (TPSA) is 49.6 Å². The molecule has 1 fully saturated rings. The second-order valence-electron chi connectivity index (χ2n) is 5.65. The van der Waals surface area contributed by atoms with Gasteiger partial charge in [-0.2, -0.15) is 0 Å². The molecule has 0 bridgehead atoms. The summed E-state index contributed by atoms with van der Waals surface area (Å²) in [6.07, 6.45) is 1.40. The van der Waals surface area contributed by atoms with E-state index < -0.39 is 0 Å². The Kier molecular flexibility index (Phi) is 3.46. The van der Waals surface area contributed by atoms with Gasteiger partial charge >= 0.3 is 0 Å². The van der Waals surface area contributed by atoms with Gasteiger partial charge in [-0.1, -0.05) is 18.2 Å². The van der Waals surface area contributed by atoms with Crippen molar-refractivity contribution in [2.24, 2.45) is 0 Å². The molecule has 0 atom stereocenters. The molecule has 1 aliphatic rings. The minimum Gasteiger partial charge on any atom is -0.443 e. The quantitative estimate of drug-likeness (QED) is 0.730. The van der Waals surface area contributed by atoms with Gasteiger partial charge in [0.2, 0.25) is 0 Å². The van der Waals surface area contributed by atoms with Crippen LogP contribution in [0.2, 0.25) is 0 Å². The third-order valence-electron chi connectivity index (χ3n) is 4.27. The zero-order valence-electron chi connectivity index (χ0n) is 12.7. The van der Waals surface area contributed by atoms with Crippen LogP contribution in [0.25, 0.3) is 11.1 Å². The van der Waals surface area contributed by atoms with Crippen molar-refractivity contribution in [1.82, 2.24) is 9.88 Å². The average molecular weight is 307 g/mol. The van der Waals surface area contributed by atoms with Crippen molar-refractivity contribution in [3.63, 3.8) is 0 Å². The van der Waals surface area contributed by atoms with Crippen molar-refractivity contribution in [3.8, 4) is 0 Å². The molecule has 0 N–H and O–H groups in total. The number of fused-ring (bicyclic) bond motifs is 1. The predicted octanol–water partition coefficient (Wildman–Crippen LogP) is 2.79. The Morgan fingerprint density at radius 2 is 1.78 bits per heavy atom. The summed E-state index contributed by atoms with van der Waals surface area (Å²) in [7, 11) is 0. The smallest absolute Gasteiger partial charge is 0.254 e. The highest BCUT2D eigenvalue weighted by molar-refractivity contribution is 5.97. The van der Waals surface area contributed by atoms with Gasteiger partial charge in [-0.25, -0.2) is 4.98 Å². The van der Waals surface area contributed by atoms with E-state index >= 15 is 0 Å². The summed E-state index contributed by atoms with van der Waals surface area (Å²) < 4.78 is 5.28. The van der Waals surface area contributed by atoms with Crippen LogP contribution in [0.1, 0.15) is 10.4 Å². The van der Waals surface area contributed by atoms with Gasteiger partial charge in [-0.3, -0.25) is 4.79 Å². The minimum atomic E-state index is 0.0519. The molecule has 0 unspecified atom stereocenters. The van der Waals surface area contributed by atoms with Crippen LogP contribution in [-0.4, -0.2) is 42.0 Å². The highest BCUT2D eigenvalue weighted by Gasteiger charge is 2.22. The fourth-order valence-corrected chi connectivity index (χ4v) is 2.98. The van der Waals surface area contributed by atoms with E-state index in [1.165, 1.54) is 12.1 Å². The van der Waals surface area contributed by atoms with Crippen LogP contribution < -0.4 is 4.90 Å². The molecule has 0 spiro atoms. The third kappa shape index (κ3) is 2.65. The second kappa shape index (κ2) is 5.76. The molecule has 1 saturated heterocycles. The first kappa shape index (κ1) is 13.8. The molecule has 0 aliphatic carbocycles. The van der Waals surface area contributed by atoms with Crippen LogP contribution in [-0.2, 0) is 0 Å². The lowest BCUT2D eigenvalue weighted by Crippen LogP contribution is -2.48. The highest BCUT2D eigenvalue weighted by Crippen LogP contribution is 2.19. The van der Waals surface area contributed by atoms with E-state index in [0.717, 1.165) is 31.7 Å². The molecule has 116 valence electrons. The molecule has 4 rings (SSSR count). The van der Waals surface area contributed by atoms with Crippen molar-refractivity contribution < 1.29 is 9.21 Å². The number of carbonyl (C=O) groups excluding carboxylic acids is 1. The number of hydrogen-bond donors (Lipinski definition) is 0. The maximum atomic E-state index is 12.7. The van der Waals surface area contributed by atoms with Gasteiger partial charge in [0.25, 0.3) is 5.91 Å². The molecule has 0 radical (unpaired) electrons. The summed E-state index contributed by atoms with van der Waals surface area (Å²) in [6, 6.07) is 15.7. The van der Waals surface area contributed by atoms with Crippen molar-refractivity contribution in [3.05, 3.63) is 60.5 Å². The van der Waals surface area contributed by atoms with Crippen LogP contribution in [0.3, 0.4) is 0 Å². The monoisotopic (exact) mass is 307 g/mol. The fourth-order valence-electron chi connectivity index (χ4n) is 2.98. The molecule has 1 aromatic heterocycles.